The van der Waals surface area contributed by atoms with Gasteiger partial charge in [-0.3, -0.25) is 4.79 Å². The largest absolute Gasteiger partial charge is 0.334 e. The molecule has 0 N–H and O–H groups in total. The zero-order chi connectivity index (χ0) is 17.3. The van der Waals surface area contributed by atoms with Crippen molar-refractivity contribution in [3.05, 3.63) is 47.2 Å². The monoisotopic (exact) mass is 364 g/mol. The van der Waals surface area contributed by atoms with Gasteiger partial charge < -0.3 is 9.80 Å². The van der Waals surface area contributed by atoms with Crippen molar-refractivity contribution in [3.8, 4) is 5.69 Å². The molecular weight excluding hydrogens is 344 g/mol. The van der Waals surface area contributed by atoms with Gasteiger partial charge in [0.25, 0.3) is 5.91 Å². The number of likely N-dealkylation sites (tertiary alicyclic amines) is 1. The van der Waals surface area contributed by atoms with Crippen LogP contribution < -0.4 is 0 Å². The molecule has 1 aromatic carbocycles. The molecule has 1 aliphatic rings. The zero-order valence-electron chi connectivity index (χ0n) is 14.0. The summed E-state index contributed by atoms with van der Waals surface area (Å²) >= 11 is 7.84. The van der Waals surface area contributed by atoms with Gasteiger partial charge >= 0.3 is 0 Å². The maximum Gasteiger partial charge on any atom is 0.274 e. The smallest absolute Gasteiger partial charge is 0.274 e. The van der Waals surface area contributed by atoms with Gasteiger partial charge in [-0.25, -0.2) is 4.68 Å². The Balaban J connectivity index is 1.77. The highest BCUT2D eigenvalue weighted by Gasteiger charge is 2.36. The second kappa shape index (κ2) is 7.17. The highest BCUT2D eigenvalue weighted by molar-refractivity contribution is 7.99. The van der Waals surface area contributed by atoms with E-state index in [0.717, 1.165) is 18.8 Å². The van der Waals surface area contributed by atoms with E-state index in [0.29, 0.717) is 22.0 Å². The molecule has 24 heavy (non-hydrogen) atoms. The first-order chi connectivity index (χ1) is 11.5. The SMILES string of the molecule is CS[C@@H]1CN(C(=O)c2ccn(-c3cccc(Cl)c3)n2)C[C@@H]1N(C)C. The Labute approximate surface area is 151 Å². The summed E-state index contributed by atoms with van der Waals surface area (Å²) in [5.74, 6) is -0.0146. The minimum absolute atomic E-state index is 0.0146. The van der Waals surface area contributed by atoms with Gasteiger partial charge in [-0.15, -0.1) is 0 Å². The van der Waals surface area contributed by atoms with Crippen molar-refractivity contribution in [1.29, 1.82) is 0 Å². The van der Waals surface area contributed by atoms with E-state index in [1.807, 2.05) is 40.9 Å². The molecule has 0 bridgehead atoms. The number of nitrogens with zero attached hydrogens (tertiary/aromatic N) is 4. The molecule has 1 amide bonds. The number of amides is 1. The molecule has 0 saturated carbocycles. The van der Waals surface area contributed by atoms with E-state index in [4.69, 9.17) is 11.6 Å². The lowest BCUT2D eigenvalue weighted by Crippen LogP contribution is -2.37. The number of thioether (sulfide) groups is 1. The molecule has 0 aliphatic carbocycles. The first kappa shape index (κ1) is 17.3. The number of aromatic nitrogens is 2. The van der Waals surface area contributed by atoms with Crippen molar-refractivity contribution in [3.63, 3.8) is 0 Å². The van der Waals surface area contributed by atoms with E-state index in [1.165, 1.54) is 0 Å². The predicted molar refractivity (Wildman–Crippen MR) is 99.3 cm³/mol. The lowest BCUT2D eigenvalue weighted by atomic mass is 10.2. The molecular formula is C17H21ClN4OS. The van der Waals surface area contributed by atoms with Crippen LogP contribution >= 0.6 is 23.4 Å². The third-order valence-corrected chi connectivity index (χ3v) is 5.67. The van der Waals surface area contributed by atoms with E-state index in [2.05, 4.69) is 30.3 Å². The Kier molecular flexibility index (Phi) is 5.18. The second-order valence-corrected chi connectivity index (χ2v) is 7.65. The molecule has 2 heterocycles. The fraction of sp³-hybridized carbons (Fsp3) is 0.412. The van der Waals surface area contributed by atoms with Crippen molar-refractivity contribution in [1.82, 2.24) is 19.6 Å². The topological polar surface area (TPSA) is 41.4 Å². The van der Waals surface area contributed by atoms with Crippen LogP contribution in [-0.2, 0) is 0 Å². The number of benzene rings is 1. The molecule has 1 fully saturated rings. The first-order valence-corrected chi connectivity index (χ1v) is 9.46. The molecule has 0 radical (unpaired) electrons. The minimum Gasteiger partial charge on any atom is -0.334 e. The lowest BCUT2D eigenvalue weighted by molar-refractivity contribution is 0.0777. The summed E-state index contributed by atoms with van der Waals surface area (Å²) in [5.41, 5.74) is 1.31. The van der Waals surface area contributed by atoms with Crippen LogP contribution in [0.3, 0.4) is 0 Å². The summed E-state index contributed by atoms with van der Waals surface area (Å²) < 4.78 is 1.69. The molecule has 1 aliphatic heterocycles. The first-order valence-electron chi connectivity index (χ1n) is 7.79. The average molecular weight is 365 g/mol. The van der Waals surface area contributed by atoms with Crippen molar-refractivity contribution >= 4 is 29.3 Å². The van der Waals surface area contributed by atoms with E-state index >= 15 is 0 Å². The predicted octanol–water partition coefficient (Wildman–Crippen LogP) is 2.64. The van der Waals surface area contributed by atoms with Crippen LogP contribution in [0, 0.1) is 0 Å². The summed E-state index contributed by atoms with van der Waals surface area (Å²) in [6.07, 6.45) is 3.90. The Hall–Kier alpha value is -1.50. The van der Waals surface area contributed by atoms with E-state index < -0.39 is 0 Å². The van der Waals surface area contributed by atoms with Gasteiger partial charge in [-0.05, 0) is 44.6 Å². The van der Waals surface area contributed by atoms with Crippen molar-refractivity contribution in [2.45, 2.75) is 11.3 Å². The highest BCUT2D eigenvalue weighted by Crippen LogP contribution is 2.25. The molecule has 1 aromatic heterocycles. The quantitative estimate of drug-likeness (QED) is 0.836. The van der Waals surface area contributed by atoms with Gasteiger partial charge in [0, 0.05) is 35.6 Å². The van der Waals surface area contributed by atoms with Gasteiger partial charge in [-0.1, -0.05) is 17.7 Å². The molecule has 128 valence electrons. The van der Waals surface area contributed by atoms with E-state index in [-0.39, 0.29) is 5.91 Å². The van der Waals surface area contributed by atoms with Gasteiger partial charge in [0.05, 0.1) is 5.69 Å². The normalized spacial score (nSPS) is 20.8. The molecule has 5 nitrogen and oxygen atoms in total. The number of rotatable bonds is 4. The van der Waals surface area contributed by atoms with Crippen LogP contribution in [0.15, 0.2) is 36.5 Å². The Morgan fingerprint density at radius 3 is 2.75 bits per heavy atom. The number of carbonyl (C=O) groups excluding carboxylic acids is 1. The third-order valence-electron chi connectivity index (χ3n) is 4.37. The molecule has 2 aromatic rings. The van der Waals surface area contributed by atoms with E-state index in [1.54, 1.807) is 16.9 Å². The number of halogens is 1. The van der Waals surface area contributed by atoms with Gasteiger partial charge in [-0.2, -0.15) is 16.9 Å². The third kappa shape index (κ3) is 3.45. The summed E-state index contributed by atoms with van der Waals surface area (Å²) in [6, 6.07) is 9.56. The number of likely N-dealkylation sites (N-methyl/N-ethyl adjacent to an activating group) is 1. The van der Waals surface area contributed by atoms with E-state index in [9.17, 15) is 4.79 Å². The van der Waals surface area contributed by atoms with Crippen LogP contribution in [0.4, 0.5) is 0 Å². The Morgan fingerprint density at radius 1 is 1.33 bits per heavy atom. The summed E-state index contributed by atoms with van der Waals surface area (Å²) in [4.78, 5) is 16.9. The summed E-state index contributed by atoms with van der Waals surface area (Å²) in [6.45, 7) is 1.49. The zero-order valence-corrected chi connectivity index (χ0v) is 15.6. The molecule has 1 saturated heterocycles. The maximum absolute atomic E-state index is 12.8. The van der Waals surface area contributed by atoms with Crippen molar-refractivity contribution in [2.75, 3.05) is 33.4 Å². The van der Waals surface area contributed by atoms with Gasteiger partial charge in [0.15, 0.2) is 5.69 Å². The minimum atomic E-state index is -0.0146. The molecule has 2 atom stereocenters. The van der Waals surface area contributed by atoms with Gasteiger partial charge in [0.1, 0.15) is 0 Å². The summed E-state index contributed by atoms with van der Waals surface area (Å²) in [7, 11) is 4.13. The molecule has 0 spiro atoms. The van der Waals surface area contributed by atoms with Gasteiger partial charge in [0.2, 0.25) is 0 Å². The van der Waals surface area contributed by atoms with Crippen LogP contribution in [0.2, 0.25) is 5.02 Å². The molecule has 0 unspecified atom stereocenters. The van der Waals surface area contributed by atoms with Crippen LogP contribution in [0.5, 0.6) is 0 Å². The second-order valence-electron chi connectivity index (χ2n) is 6.14. The fourth-order valence-corrected chi connectivity index (χ4v) is 4.17. The average Bonchev–Trinajstić information content (AvgIpc) is 3.21. The van der Waals surface area contributed by atoms with Crippen LogP contribution in [-0.4, -0.2) is 70.2 Å². The molecule has 7 heteroatoms. The van der Waals surface area contributed by atoms with Crippen LogP contribution in [0.25, 0.3) is 5.69 Å². The lowest BCUT2D eigenvalue weighted by Gasteiger charge is -2.23. The van der Waals surface area contributed by atoms with Crippen molar-refractivity contribution < 1.29 is 4.79 Å². The fourth-order valence-electron chi connectivity index (χ4n) is 3.01. The van der Waals surface area contributed by atoms with Crippen molar-refractivity contribution in [2.24, 2.45) is 0 Å². The van der Waals surface area contributed by atoms with Crippen LogP contribution in [0.1, 0.15) is 10.5 Å². The number of hydrogen-bond acceptors (Lipinski definition) is 4. The summed E-state index contributed by atoms with van der Waals surface area (Å²) in [5, 5.41) is 5.51. The Bertz CT molecular complexity index is 733. The number of carbonyl (C=O) groups is 1. The standard InChI is InChI=1S/C17H21ClN4OS/c1-20(2)15-10-21(11-16(15)24-3)17(23)14-7-8-22(19-14)13-6-4-5-12(18)9-13/h4-9,15-16H,10-11H2,1-3H3/t15-,16+/m0/s1. The molecule has 3 rings (SSSR count). The Morgan fingerprint density at radius 2 is 2.12 bits per heavy atom. The maximum atomic E-state index is 12.8. The number of hydrogen-bond donors (Lipinski definition) is 0. The highest BCUT2D eigenvalue weighted by atomic mass is 35.5.